The van der Waals surface area contributed by atoms with E-state index in [4.69, 9.17) is 14.5 Å². The average Bonchev–Trinajstić information content (AvgIpc) is 2.87. The van der Waals surface area contributed by atoms with Crippen LogP contribution in [0.3, 0.4) is 0 Å². The molecule has 1 aromatic heterocycles. The van der Waals surface area contributed by atoms with E-state index in [9.17, 15) is 9.59 Å². The number of methoxy groups -OCH3 is 2. The highest BCUT2D eigenvalue weighted by Gasteiger charge is 2.25. The third kappa shape index (κ3) is 4.49. The highest BCUT2D eigenvalue weighted by Crippen LogP contribution is 2.29. The summed E-state index contributed by atoms with van der Waals surface area (Å²) in [5.74, 6) is 1.53. The summed E-state index contributed by atoms with van der Waals surface area (Å²) in [4.78, 5) is 33.9. The Morgan fingerprint density at radius 1 is 1.03 bits per heavy atom. The van der Waals surface area contributed by atoms with Crippen LogP contribution >= 0.6 is 0 Å². The fourth-order valence-electron chi connectivity index (χ4n) is 4.25. The van der Waals surface area contributed by atoms with Crippen LogP contribution in [0.4, 0.5) is 0 Å². The summed E-state index contributed by atoms with van der Waals surface area (Å²) in [6, 6.07) is 12.7. The minimum absolute atomic E-state index is 0.168. The number of rotatable bonds is 6. The number of carbonyl (C=O) groups excluding carboxylic acids is 1. The van der Waals surface area contributed by atoms with Crippen LogP contribution in [-0.2, 0) is 11.2 Å². The average molecular weight is 448 g/mol. The first-order valence-corrected chi connectivity index (χ1v) is 11.3. The van der Waals surface area contributed by atoms with Gasteiger partial charge < -0.3 is 14.4 Å². The third-order valence-corrected chi connectivity index (χ3v) is 5.98. The van der Waals surface area contributed by atoms with Crippen LogP contribution in [0.25, 0.3) is 22.7 Å². The summed E-state index contributed by atoms with van der Waals surface area (Å²) in [6.07, 6.45) is 5.28. The highest BCUT2D eigenvalue weighted by molar-refractivity contribution is 6.18. The van der Waals surface area contributed by atoms with Gasteiger partial charge in [0.1, 0.15) is 11.5 Å². The lowest BCUT2D eigenvalue weighted by Gasteiger charge is -2.28. The molecule has 172 valence electrons. The van der Waals surface area contributed by atoms with Gasteiger partial charge in [-0.25, -0.2) is 4.98 Å². The molecule has 0 saturated carbocycles. The molecular formula is C26H29N3O4. The molecule has 1 aliphatic heterocycles. The van der Waals surface area contributed by atoms with Crippen molar-refractivity contribution in [1.29, 1.82) is 0 Å². The Bertz CT molecular complexity index is 1260. The van der Waals surface area contributed by atoms with Crippen molar-refractivity contribution in [2.75, 3.05) is 27.3 Å². The van der Waals surface area contributed by atoms with Crippen LogP contribution in [0.2, 0.25) is 0 Å². The lowest BCUT2D eigenvalue weighted by atomic mass is 10.1. The standard InChI is InChI=1S/C26H29N3O4/c1-4-24-27-20-11-7-6-10-19(20)25(30)29(24)21(26(31)28-14-8-5-9-15-28)16-18-12-13-22(32-2)23(17-18)33-3/h6-7,10-13,16-17H,4-5,8-9,14-15H2,1-3H3/b21-16+. The smallest absolute Gasteiger partial charge is 0.271 e. The van der Waals surface area contributed by atoms with Crippen LogP contribution in [0.5, 0.6) is 11.5 Å². The SMILES string of the molecule is CCc1nc2ccccc2c(=O)n1/C(=C/c1ccc(OC)c(OC)c1)C(=O)N1CCCCC1. The second kappa shape index (κ2) is 9.90. The van der Waals surface area contributed by atoms with Crippen LogP contribution in [0.1, 0.15) is 37.6 Å². The molecular weight excluding hydrogens is 418 g/mol. The number of hydrogen-bond donors (Lipinski definition) is 0. The van der Waals surface area contributed by atoms with Gasteiger partial charge in [0.15, 0.2) is 11.5 Å². The van der Waals surface area contributed by atoms with E-state index >= 15 is 0 Å². The monoisotopic (exact) mass is 447 g/mol. The fourth-order valence-corrected chi connectivity index (χ4v) is 4.25. The zero-order valence-corrected chi connectivity index (χ0v) is 19.3. The molecule has 1 amide bonds. The summed E-state index contributed by atoms with van der Waals surface area (Å²) in [7, 11) is 3.14. The van der Waals surface area contributed by atoms with E-state index in [1.807, 2.05) is 36.1 Å². The van der Waals surface area contributed by atoms with Crippen molar-refractivity contribution in [3.05, 3.63) is 64.2 Å². The molecule has 7 nitrogen and oxygen atoms in total. The van der Waals surface area contributed by atoms with Crippen molar-refractivity contribution in [3.63, 3.8) is 0 Å². The van der Waals surface area contributed by atoms with Gasteiger partial charge in [-0.2, -0.15) is 0 Å². The van der Waals surface area contributed by atoms with Crippen molar-refractivity contribution in [1.82, 2.24) is 14.5 Å². The minimum Gasteiger partial charge on any atom is -0.493 e. The molecule has 2 heterocycles. The number of para-hydroxylation sites is 1. The van der Waals surface area contributed by atoms with Crippen molar-refractivity contribution in [3.8, 4) is 11.5 Å². The Morgan fingerprint density at radius 3 is 2.45 bits per heavy atom. The van der Waals surface area contributed by atoms with Gasteiger partial charge in [0.2, 0.25) is 0 Å². The van der Waals surface area contributed by atoms with Gasteiger partial charge in [0, 0.05) is 19.5 Å². The van der Waals surface area contributed by atoms with Gasteiger partial charge >= 0.3 is 0 Å². The first-order valence-electron chi connectivity index (χ1n) is 11.3. The van der Waals surface area contributed by atoms with Gasteiger partial charge in [0.05, 0.1) is 25.1 Å². The summed E-state index contributed by atoms with van der Waals surface area (Å²) >= 11 is 0. The number of aromatic nitrogens is 2. The summed E-state index contributed by atoms with van der Waals surface area (Å²) < 4.78 is 12.3. The molecule has 4 rings (SSSR count). The Morgan fingerprint density at radius 2 is 1.76 bits per heavy atom. The van der Waals surface area contributed by atoms with Crippen molar-refractivity contribution >= 4 is 28.6 Å². The molecule has 0 radical (unpaired) electrons. The van der Waals surface area contributed by atoms with Gasteiger partial charge in [-0.05, 0) is 55.2 Å². The van der Waals surface area contributed by atoms with Gasteiger partial charge in [-0.1, -0.05) is 25.1 Å². The highest BCUT2D eigenvalue weighted by atomic mass is 16.5. The zero-order valence-electron chi connectivity index (χ0n) is 19.3. The molecule has 1 aliphatic rings. The van der Waals surface area contributed by atoms with Crippen molar-refractivity contribution < 1.29 is 14.3 Å². The summed E-state index contributed by atoms with van der Waals surface area (Å²) in [5.41, 5.74) is 1.42. The quantitative estimate of drug-likeness (QED) is 0.535. The zero-order chi connectivity index (χ0) is 23.4. The van der Waals surface area contributed by atoms with Crippen molar-refractivity contribution in [2.45, 2.75) is 32.6 Å². The molecule has 33 heavy (non-hydrogen) atoms. The predicted molar refractivity (Wildman–Crippen MR) is 130 cm³/mol. The molecule has 0 aliphatic carbocycles. The van der Waals surface area contributed by atoms with E-state index in [1.165, 1.54) is 4.57 Å². The number of fused-ring (bicyclic) bond motifs is 1. The van der Waals surface area contributed by atoms with E-state index < -0.39 is 0 Å². The van der Waals surface area contributed by atoms with Crippen molar-refractivity contribution in [2.24, 2.45) is 0 Å². The van der Waals surface area contributed by atoms with E-state index in [-0.39, 0.29) is 11.5 Å². The predicted octanol–water partition coefficient (Wildman–Crippen LogP) is 3.99. The van der Waals surface area contributed by atoms with E-state index in [1.54, 1.807) is 38.5 Å². The topological polar surface area (TPSA) is 73.7 Å². The summed E-state index contributed by atoms with van der Waals surface area (Å²) in [5, 5.41) is 0.486. The number of aryl methyl sites for hydroxylation is 1. The first-order chi connectivity index (χ1) is 16.1. The van der Waals surface area contributed by atoms with Gasteiger partial charge in [-0.3, -0.25) is 14.2 Å². The first kappa shape index (κ1) is 22.6. The molecule has 1 saturated heterocycles. The maximum atomic E-state index is 13.8. The number of amides is 1. The molecule has 7 heteroatoms. The molecule has 0 spiro atoms. The molecule has 0 N–H and O–H groups in total. The number of hydrogen-bond acceptors (Lipinski definition) is 5. The number of nitrogens with zero attached hydrogens (tertiary/aromatic N) is 3. The Balaban J connectivity index is 1.94. The minimum atomic E-state index is -0.241. The summed E-state index contributed by atoms with van der Waals surface area (Å²) in [6.45, 7) is 3.30. The van der Waals surface area contributed by atoms with Crippen LogP contribution in [-0.4, -0.2) is 47.7 Å². The number of likely N-dealkylation sites (tertiary alicyclic amines) is 1. The van der Waals surface area contributed by atoms with E-state index in [2.05, 4.69) is 0 Å². The maximum Gasteiger partial charge on any atom is 0.271 e. The normalized spacial score (nSPS) is 14.4. The van der Waals surface area contributed by atoms with Crippen LogP contribution in [0, 0.1) is 0 Å². The molecule has 2 aromatic carbocycles. The lowest BCUT2D eigenvalue weighted by molar-refractivity contribution is -0.126. The molecule has 3 aromatic rings. The van der Waals surface area contributed by atoms with Gasteiger partial charge in [-0.15, -0.1) is 0 Å². The molecule has 0 bridgehead atoms. The number of piperidine rings is 1. The fraction of sp³-hybridized carbons (Fsp3) is 0.346. The largest absolute Gasteiger partial charge is 0.493 e. The number of benzene rings is 2. The lowest BCUT2D eigenvalue weighted by Crippen LogP contribution is -2.39. The second-order valence-electron chi connectivity index (χ2n) is 8.04. The Hall–Kier alpha value is -3.61. The maximum absolute atomic E-state index is 13.8. The van der Waals surface area contributed by atoms with E-state index in [0.29, 0.717) is 53.4 Å². The van der Waals surface area contributed by atoms with Gasteiger partial charge in [0.25, 0.3) is 11.5 Å². The third-order valence-electron chi connectivity index (χ3n) is 5.98. The molecule has 0 atom stereocenters. The Kier molecular flexibility index (Phi) is 6.77. The van der Waals surface area contributed by atoms with Crippen LogP contribution in [0.15, 0.2) is 47.3 Å². The Labute approximate surface area is 193 Å². The van der Waals surface area contributed by atoms with E-state index in [0.717, 1.165) is 24.8 Å². The number of carbonyl (C=O) groups is 1. The molecule has 1 fully saturated rings. The van der Waals surface area contributed by atoms with Crippen LogP contribution < -0.4 is 15.0 Å². The second-order valence-corrected chi connectivity index (χ2v) is 8.04. The molecule has 0 unspecified atom stereocenters. The number of ether oxygens (including phenoxy) is 2.